The molecular formula is C12H22O2. The second-order valence-electron chi connectivity index (χ2n) is 4.87. The molecule has 0 aromatic carbocycles. The van der Waals surface area contributed by atoms with Crippen molar-refractivity contribution in [3.05, 3.63) is 0 Å². The van der Waals surface area contributed by atoms with Crippen LogP contribution in [0.2, 0.25) is 0 Å². The minimum absolute atomic E-state index is 0.150. The third-order valence-corrected chi connectivity index (χ3v) is 3.69. The molecular weight excluding hydrogens is 176 g/mol. The topological polar surface area (TPSA) is 29.5 Å². The highest BCUT2D eigenvalue weighted by Crippen LogP contribution is 2.27. The van der Waals surface area contributed by atoms with Crippen molar-refractivity contribution in [2.45, 2.75) is 63.6 Å². The van der Waals surface area contributed by atoms with Crippen LogP contribution in [0.3, 0.4) is 0 Å². The highest BCUT2D eigenvalue weighted by Gasteiger charge is 2.26. The molecule has 0 aromatic heterocycles. The van der Waals surface area contributed by atoms with Crippen molar-refractivity contribution >= 4 is 0 Å². The molecule has 2 fully saturated rings. The molecule has 82 valence electrons. The van der Waals surface area contributed by atoms with Gasteiger partial charge in [0.1, 0.15) is 0 Å². The minimum atomic E-state index is -0.182. The molecule has 0 saturated heterocycles. The first kappa shape index (κ1) is 10.4. The Morgan fingerprint density at radius 1 is 0.929 bits per heavy atom. The Labute approximate surface area is 86.6 Å². The van der Waals surface area contributed by atoms with Gasteiger partial charge in [-0.25, -0.2) is 0 Å². The van der Waals surface area contributed by atoms with Gasteiger partial charge >= 0.3 is 0 Å². The first-order chi connectivity index (χ1) is 6.86. The van der Waals surface area contributed by atoms with Crippen molar-refractivity contribution in [2.75, 3.05) is 6.61 Å². The largest absolute Gasteiger partial charge is 0.390 e. The molecule has 2 nitrogen and oxygen atoms in total. The van der Waals surface area contributed by atoms with Crippen LogP contribution in [-0.4, -0.2) is 23.9 Å². The maximum absolute atomic E-state index is 9.59. The Kier molecular flexibility index (Phi) is 3.82. The van der Waals surface area contributed by atoms with Gasteiger partial charge in [-0.1, -0.05) is 19.3 Å². The van der Waals surface area contributed by atoms with Gasteiger partial charge in [0, 0.05) is 6.61 Å². The number of ether oxygens (including phenoxy) is 1. The normalized spacial score (nSPS) is 34.9. The van der Waals surface area contributed by atoms with Gasteiger partial charge in [-0.15, -0.1) is 0 Å². The maximum Gasteiger partial charge on any atom is 0.0834 e. The van der Waals surface area contributed by atoms with Gasteiger partial charge in [0.2, 0.25) is 0 Å². The van der Waals surface area contributed by atoms with E-state index in [2.05, 4.69) is 0 Å². The minimum Gasteiger partial charge on any atom is -0.390 e. The predicted molar refractivity (Wildman–Crippen MR) is 56.2 cm³/mol. The van der Waals surface area contributed by atoms with E-state index in [1.807, 2.05) is 0 Å². The summed E-state index contributed by atoms with van der Waals surface area (Å²) in [6.45, 7) is 0.891. The van der Waals surface area contributed by atoms with Crippen molar-refractivity contribution in [3.8, 4) is 0 Å². The molecule has 14 heavy (non-hydrogen) atoms. The van der Waals surface area contributed by atoms with Gasteiger partial charge in [0.05, 0.1) is 12.2 Å². The molecule has 2 heteroatoms. The number of hydrogen-bond acceptors (Lipinski definition) is 2. The van der Waals surface area contributed by atoms with E-state index in [-0.39, 0.29) is 12.2 Å². The molecule has 2 aliphatic carbocycles. The third-order valence-electron chi connectivity index (χ3n) is 3.69. The van der Waals surface area contributed by atoms with Gasteiger partial charge < -0.3 is 9.84 Å². The number of aliphatic hydroxyl groups is 1. The van der Waals surface area contributed by atoms with E-state index < -0.39 is 0 Å². The molecule has 2 atom stereocenters. The van der Waals surface area contributed by atoms with Gasteiger partial charge in [0.15, 0.2) is 0 Å². The standard InChI is InChI=1S/C12H22O2/c13-11-7-4-8-12(11)14-9-10-5-2-1-3-6-10/h10-13H,1-9H2. The molecule has 0 aliphatic heterocycles. The van der Waals surface area contributed by atoms with Gasteiger partial charge in [-0.05, 0) is 38.0 Å². The van der Waals surface area contributed by atoms with Crippen LogP contribution in [0.1, 0.15) is 51.4 Å². The highest BCUT2D eigenvalue weighted by molar-refractivity contribution is 4.77. The van der Waals surface area contributed by atoms with Crippen LogP contribution in [0.25, 0.3) is 0 Å². The van der Waals surface area contributed by atoms with Crippen molar-refractivity contribution in [2.24, 2.45) is 5.92 Å². The summed E-state index contributed by atoms with van der Waals surface area (Å²) in [6, 6.07) is 0. The third kappa shape index (κ3) is 2.71. The summed E-state index contributed by atoms with van der Waals surface area (Å²) in [7, 11) is 0. The van der Waals surface area contributed by atoms with Gasteiger partial charge in [0.25, 0.3) is 0 Å². The van der Waals surface area contributed by atoms with Crippen LogP contribution in [0, 0.1) is 5.92 Å². The summed E-state index contributed by atoms with van der Waals surface area (Å²) < 4.78 is 5.80. The number of aliphatic hydroxyl groups excluding tert-OH is 1. The van der Waals surface area contributed by atoms with E-state index in [1.165, 1.54) is 32.1 Å². The molecule has 0 bridgehead atoms. The summed E-state index contributed by atoms with van der Waals surface area (Å²) in [5, 5.41) is 9.59. The van der Waals surface area contributed by atoms with Crippen LogP contribution in [0.5, 0.6) is 0 Å². The summed E-state index contributed by atoms with van der Waals surface area (Å²) in [6.07, 6.45) is 9.94. The Bertz CT molecular complexity index is 164. The van der Waals surface area contributed by atoms with E-state index in [0.29, 0.717) is 0 Å². The second-order valence-corrected chi connectivity index (χ2v) is 4.87. The molecule has 0 amide bonds. The van der Waals surface area contributed by atoms with E-state index in [9.17, 15) is 5.11 Å². The Balaban J connectivity index is 1.65. The average Bonchev–Trinajstić information content (AvgIpc) is 2.63. The summed E-state index contributed by atoms with van der Waals surface area (Å²) in [5.41, 5.74) is 0. The van der Waals surface area contributed by atoms with Gasteiger partial charge in [-0.3, -0.25) is 0 Å². The molecule has 2 rings (SSSR count). The molecule has 0 spiro atoms. The van der Waals surface area contributed by atoms with Crippen molar-refractivity contribution in [1.82, 2.24) is 0 Å². The zero-order valence-corrected chi connectivity index (χ0v) is 8.95. The fraction of sp³-hybridized carbons (Fsp3) is 1.00. The Morgan fingerprint density at radius 3 is 2.36 bits per heavy atom. The quantitative estimate of drug-likeness (QED) is 0.755. The molecule has 2 saturated carbocycles. The van der Waals surface area contributed by atoms with Crippen LogP contribution in [0.4, 0.5) is 0 Å². The number of hydrogen-bond donors (Lipinski definition) is 1. The van der Waals surface area contributed by atoms with E-state index in [0.717, 1.165) is 31.8 Å². The molecule has 0 aromatic rings. The van der Waals surface area contributed by atoms with Crippen LogP contribution in [0.15, 0.2) is 0 Å². The lowest BCUT2D eigenvalue weighted by atomic mass is 9.90. The first-order valence-corrected chi connectivity index (χ1v) is 6.16. The summed E-state index contributed by atoms with van der Waals surface area (Å²) in [4.78, 5) is 0. The molecule has 2 aliphatic rings. The molecule has 0 radical (unpaired) electrons. The van der Waals surface area contributed by atoms with Gasteiger partial charge in [-0.2, -0.15) is 0 Å². The van der Waals surface area contributed by atoms with Crippen LogP contribution >= 0.6 is 0 Å². The monoisotopic (exact) mass is 198 g/mol. The van der Waals surface area contributed by atoms with Crippen molar-refractivity contribution in [1.29, 1.82) is 0 Å². The van der Waals surface area contributed by atoms with Crippen molar-refractivity contribution in [3.63, 3.8) is 0 Å². The Morgan fingerprint density at radius 2 is 1.71 bits per heavy atom. The lowest BCUT2D eigenvalue weighted by Crippen LogP contribution is -2.26. The molecule has 1 N–H and O–H groups in total. The maximum atomic E-state index is 9.59. The van der Waals surface area contributed by atoms with E-state index >= 15 is 0 Å². The summed E-state index contributed by atoms with van der Waals surface area (Å²) in [5.74, 6) is 0.775. The first-order valence-electron chi connectivity index (χ1n) is 6.16. The van der Waals surface area contributed by atoms with Crippen molar-refractivity contribution < 1.29 is 9.84 Å². The lowest BCUT2D eigenvalue weighted by Gasteiger charge is -2.24. The smallest absolute Gasteiger partial charge is 0.0834 e. The summed E-state index contributed by atoms with van der Waals surface area (Å²) >= 11 is 0. The Hall–Kier alpha value is -0.0800. The highest BCUT2D eigenvalue weighted by atomic mass is 16.5. The van der Waals surface area contributed by atoms with Crippen LogP contribution < -0.4 is 0 Å². The fourth-order valence-electron chi connectivity index (χ4n) is 2.71. The zero-order valence-electron chi connectivity index (χ0n) is 8.95. The SMILES string of the molecule is OC1CCCC1OCC1CCCCC1. The zero-order chi connectivity index (χ0) is 9.80. The molecule has 0 heterocycles. The van der Waals surface area contributed by atoms with E-state index in [4.69, 9.17) is 4.74 Å². The average molecular weight is 198 g/mol. The lowest BCUT2D eigenvalue weighted by molar-refractivity contribution is -0.0362. The van der Waals surface area contributed by atoms with E-state index in [1.54, 1.807) is 0 Å². The second kappa shape index (κ2) is 5.13. The van der Waals surface area contributed by atoms with Crippen LogP contribution in [-0.2, 0) is 4.74 Å². The molecule has 2 unspecified atom stereocenters. The fourth-order valence-corrected chi connectivity index (χ4v) is 2.71. The number of rotatable bonds is 3. The predicted octanol–water partition coefficient (Wildman–Crippen LogP) is 2.50.